The Morgan fingerprint density at radius 2 is 1.90 bits per heavy atom. The SMILES string of the molecule is C[C@@H](C#N)C[C@H](NC(=O)c1ccc(C#N)cc1)C(N)=O. The second-order valence-electron chi connectivity index (χ2n) is 4.38. The van der Waals surface area contributed by atoms with Crippen LogP contribution in [0.2, 0.25) is 0 Å². The lowest BCUT2D eigenvalue weighted by atomic mass is 10.0. The van der Waals surface area contributed by atoms with Gasteiger partial charge in [-0.2, -0.15) is 10.5 Å². The molecule has 1 rings (SSSR count). The summed E-state index contributed by atoms with van der Waals surface area (Å²) in [5, 5.41) is 19.9. The molecule has 0 aliphatic rings. The Labute approximate surface area is 116 Å². The minimum atomic E-state index is -0.896. The molecule has 2 amide bonds. The van der Waals surface area contributed by atoms with Crippen LogP contribution in [0.25, 0.3) is 0 Å². The van der Waals surface area contributed by atoms with E-state index in [9.17, 15) is 9.59 Å². The number of nitriles is 2. The van der Waals surface area contributed by atoms with E-state index in [0.29, 0.717) is 11.1 Å². The number of primary amides is 1. The molecule has 6 nitrogen and oxygen atoms in total. The monoisotopic (exact) mass is 270 g/mol. The molecule has 0 aliphatic heterocycles. The van der Waals surface area contributed by atoms with Crippen molar-refractivity contribution in [1.29, 1.82) is 10.5 Å². The number of nitrogens with zero attached hydrogens (tertiary/aromatic N) is 2. The Bertz CT molecular complexity index is 581. The van der Waals surface area contributed by atoms with E-state index in [1.165, 1.54) is 24.3 Å². The highest BCUT2D eigenvalue weighted by molar-refractivity contribution is 5.97. The zero-order valence-electron chi connectivity index (χ0n) is 11.0. The number of rotatable bonds is 5. The van der Waals surface area contributed by atoms with Gasteiger partial charge in [0.15, 0.2) is 0 Å². The highest BCUT2D eigenvalue weighted by Crippen LogP contribution is 2.07. The molecule has 3 N–H and O–H groups in total. The summed E-state index contributed by atoms with van der Waals surface area (Å²) >= 11 is 0. The number of amides is 2. The van der Waals surface area contributed by atoms with Crippen molar-refractivity contribution in [2.45, 2.75) is 19.4 Å². The predicted octanol–water partition coefficient (Wildman–Crippen LogP) is 0.692. The van der Waals surface area contributed by atoms with Crippen LogP contribution in [0.1, 0.15) is 29.3 Å². The van der Waals surface area contributed by atoms with Gasteiger partial charge in [0.1, 0.15) is 6.04 Å². The fourth-order valence-corrected chi connectivity index (χ4v) is 1.59. The predicted molar refractivity (Wildman–Crippen MR) is 71.0 cm³/mol. The minimum absolute atomic E-state index is 0.161. The van der Waals surface area contributed by atoms with Crippen LogP contribution in [0.15, 0.2) is 24.3 Å². The van der Waals surface area contributed by atoms with Gasteiger partial charge in [0, 0.05) is 11.5 Å². The molecular formula is C14H14N4O2. The number of benzene rings is 1. The van der Waals surface area contributed by atoms with Crippen LogP contribution in [0.3, 0.4) is 0 Å². The van der Waals surface area contributed by atoms with Crippen molar-refractivity contribution < 1.29 is 9.59 Å². The number of hydrogen-bond donors (Lipinski definition) is 2. The van der Waals surface area contributed by atoms with Crippen molar-refractivity contribution in [2.24, 2.45) is 11.7 Å². The number of nitrogens with two attached hydrogens (primary N) is 1. The van der Waals surface area contributed by atoms with Gasteiger partial charge in [0.05, 0.1) is 17.7 Å². The lowest BCUT2D eigenvalue weighted by molar-refractivity contribution is -0.120. The summed E-state index contributed by atoms with van der Waals surface area (Å²) in [6.07, 6.45) is 0.161. The molecule has 0 heterocycles. The van der Waals surface area contributed by atoms with Crippen molar-refractivity contribution in [1.82, 2.24) is 5.32 Å². The van der Waals surface area contributed by atoms with Crippen molar-refractivity contribution in [2.75, 3.05) is 0 Å². The molecule has 0 unspecified atom stereocenters. The van der Waals surface area contributed by atoms with Gasteiger partial charge in [-0.1, -0.05) is 0 Å². The maximum absolute atomic E-state index is 11.9. The molecule has 1 aromatic carbocycles. The minimum Gasteiger partial charge on any atom is -0.368 e. The average molecular weight is 270 g/mol. The van der Waals surface area contributed by atoms with Gasteiger partial charge < -0.3 is 11.1 Å². The lowest BCUT2D eigenvalue weighted by Gasteiger charge is -2.16. The average Bonchev–Trinajstić information content (AvgIpc) is 2.46. The second kappa shape index (κ2) is 6.91. The van der Waals surface area contributed by atoms with Crippen molar-refractivity contribution >= 4 is 11.8 Å². The van der Waals surface area contributed by atoms with E-state index in [-0.39, 0.29) is 6.42 Å². The number of nitrogens with one attached hydrogen (secondary N) is 1. The summed E-state index contributed by atoms with van der Waals surface area (Å²) in [7, 11) is 0. The normalized spacial score (nSPS) is 12.6. The molecule has 0 aliphatic carbocycles. The molecule has 102 valence electrons. The third-order valence-corrected chi connectivity index (χ3v) is 2.73. The summed E-state index contributed by atoms with van der Waals surface area (Å²) < 4.78 is 0. The van der Waals surface area contributed by atoms with E-state index in [0.717, 1.165) is 0 Å². The van der Waals surface area contributed by atoms with Gasteiger partial charge in [-0.15, -0.1) is 0 Å². The van der Waals surface area contributed by atoms with Crippen LogP contribution in [0.5, 0.6) is 0 Å². The van der Waals surface area contributed by atoms with Crippen LogP contribution >= 0.6 is 0 Å². The van der Waals surface area contributed by atoms with Gasteiger partial charge in [-0.05, 0) is 37.6 Å². The van der Waals surface area contributed by atoms with E-state index in [2.05, 4.69) is 5.32 Å². The molecule has 20 heavy (non-hydrogen) atoms. The summed E-state index contributed by atoms with van der Waals surface area (Å²) in [6.45, 7) is 1.64. The van der Waals surface area contributed by atoms with Crippen molar-refractivity contribution in [3.8, 4) is 12.1 Å². The highest BCUT2D eigenvalue weighted by atomic mass is 16.2. The first-order valence-corrected chi connectivity index (χ1v) is 5.98. The van der Waals surface area contributed by atoms with E-state index in [1.807, 2.05) is 12.1 Å². The van der Waals surface area contributed by atoms with Crippen LogP contribution < -0.4 is 11.1 Å². The van der Waals surface area contributed by atoms with E-state index < -0.39 is 23.8 Å². The third kappa shape index (κ3) is 4.11. The van der Waals surface area contributed by atoms with Crippen LogP contribution in [-0.2, 0) is 4.79 Å². The summed E-state index contributed by atoms with van der Waals surface area (Å²) in [6, 6.07) is 9.02. The summed E-state index contributed by atoms with van der Waals surface area (Å²) in [5.74, 6) is -1.55. The second-order valence-corrected chi connectivity index (χ2v) is 4.38. The maximum Gasteiger partial charge on any atom is 0.251 e. The Hall–Kier alpha value is -2.86. The molecule has 6 heteroatoms. The smallest absolute Gasteiger partial charge is 0.251 e. The van der Waals surface area contributed by atoms with Crippen LogP contribution in [0, 0.1) is 28.6 Å². The highest BCUT2D eigenvalue weighted by Gasteiger charge is 2.21. The molecule has 0 aromatic heterocycles. The molecule has 0 radical (unpaired) electrons. The third-order valence-electron chi connectivity index (χ3n) is 2.73. The summed E-state index contributed by atoms with van der Waals surface area (Å²) in [4.78, 5) is 23.2. The first-order valence-electron chi connectivity index (χ1n) is 5.98. The molecule has 2 atom stereocenters. The Morgan fingerprint density at radius 3 is 2.35 bits per heavy atom. The number of carbonyl (C=O) groups excluding carboxylic acids is 2. The zero-order chi connectivity index (χ0) is 15.1. The summed E-state index contributed by atoms with van der Waals surface area (Å²) in [5.41, 5.74) is 5.96. The van der Waals surface area contributed by atoms with E-state index >= 15 is 0 Å². The first kappa shape index (κ1) is 15.2. The van der Waals surface area contributed by atoms with Gasteiger partial charge in [0.2, 0.25) is 5.91 Å². The number of hydrogen-bond acceptors (Lipinski definition) is 4. The van der Waals surface area contributed by atoms with Crippen molar-refractivity contribution in [3.63, 3.8) is 0 Å². The Morgan fingerprint density at radius 1 is 1.30 bits per heavy atom. The first-order chi connectivity index (χ1) is 9.47. The van der Waals surface area contributed by atoms with Gasteiger partial charge in [-0.25, -0.2) is 0 Å². The standard InChI is InChI=1S/C14H14N4O2/c1-9(7-15)6-12(13(17)19)18-14(20)11-4-2-10(8-16)3-5-11/h2-5,9,12H,6H2,1H3,(H2,17,19)(H,18,20)/t9-,12+/m1/s1. The zero-order valence-corrected chi connectivity index (χ0v) is 11.0. The van der Waals surface area contributed by atoms with Crippen LogP contribution in [-0.4, -0.2) is 17.9 Å². The fraction of sp³-hybridized carbons (Fsp3) is 0.286. The Kier molecular flexibility index (Phi) is 5.25. The molecule has 0 fully saturated rings. The Balaban J connectivity index is 2.78. The van der Waals surface area contributed by atoms with Gasteiger partial charge in [-0.3, -0.25) is 9.59 Å². The van der Waals surface area contributed by atoms with Gasteiger partial charge in [0.25, 0.3) is 5.91 Å². The molecule has 0 saturated carbocycles. The lowest BCUT2D eigenvalue weighted by Crippen LogP contribution is -2.45. The molecule has 0 spiro atoms. The quantitative estimate of drug-likeness (QED) is 0.817. The molecular weight excluding hydrogens is 256 g/mol. The van der Waals surface area contributed by atoms with Crippen molar-refractivity contribution in [3.05, 3.63) is 35.4 Å². The van der Waals surface area contributed by atoms with E-state index in [4.69, 9.17) is 16.3 Å². The number of carbonyl (C=O) groups is 2. The molecule has 0 bridgehead atoms. The molecule has 0 saturated heterocycles. The largest absolute Gasteiger partial charge is 0.368 e. The maximum atomic E-state index is 11.9. The topological polar surface area (TPSA) is 120 Å². The fourth-order valence-electron chi connectivity index (χ4n) is 1.59. The molecule has 1 aromatic rings. The van der Waals surface area contributed by atoms with E-state index in [1.54, 1.807) is 6.92 Å². The van der Waals surface area contributed by atoms with Gasteiger partial charge >= 0.3 is 0 Å². The van der Waals surface area contributed by atoms with Crippen LogP contribution in [0.4, 0.5) is 0 Å².